The van der Waals surface area contributed by atoms with Crippen molar-refractivity contribution in [2.45, 2.75) is 51.7 Å². The first-order valence-corrected chi connectivity index (χ1v) is 9.20. The zero-order valence-corrected chi connectivity index (χ0v) is 16.8. The average Bonchev–Trinajstić information content (AvgIpc) is 2.60. The highest BCUT2D eigenvalue weighted by molar-refractivity contribution is 5.80. The Morgan fingerprint density at radius 1 is 1.33 bits per heavy atom. The van der Waals surface area contributed by atoms with E-state index in [0.29, 0.717) is 24.4 Å². The molecule has 7 heteroatoms. The molecule has 0 aromatic heterocycles. The van der Waals surface area contributed by atoms with Crippen molar-refractivity contribution in [3.63, 3.8) is 0 Å². The molecule has 1 heterocycles. The lowest BCUT2D eigenvalue weighted by Crippen LogP contribution is -2.51. The van der Waals surface area contributed by atoms with Crippen LogP contribution in [0.5, 0.6) is 11.5 Å². The zero-order chi connectivity index (χ0) is 20.2. The summed E-state index contributed by atoms with van der Waals surface area (Å²) in [5, 5.41) is 9.69. The molecule has 2 rings (SSSR count). The monoisotopic (exact) mass is 378 g/mol. The topological polar surface area (TPSA) is 79.3 Å². The number of amides is 2. The highest BCUT2D eigenvalue weighted by Gasteiger charge is 2.31. The van der Waals surface area contributed by atoms with Gasteiger partial charge in [-0.25, -0.2) is 4.79 Å². The normalized spacial score (nSPS) is 17.4. The number of benzene rings is 1. The highest BCUT2D eigenvalue weighted by atomic mass is 16.6. The third kappa shape index (κ3) is 5.77. The summed E-state index contributed by atoms with van der Waals surface area (Å²) >= 11 is 0. The zero-order valence-electron chi connectivity index (χ0n) is 16.8. The summed E-state index contributed by atoms with van der Waals surface area (Å²) < 4.78 is 10.7. The number of hydrogen-bond acceptors (Lipinski definition) is 5. The molecule has 1 aliphatic heterocycles. The van der Waals surface area contributed by atoms with E-state index in [1.54, 1.807) is 29.0 Å². The summed E-state index contributed by atoms with van der Waals surface area (Å²) in [5.41, 5.74) is 0.0894. The number of phenolic OH excluding ortho intramolecular Hbond substituents is 1. The van der Waals surface area contributed by atoms with Crippen molar-refractivity contribution in [2.24, 2.45) is 0 Å². The van der Waals surface area contributed by atoms with Crippen LogP contribution in [0.1, 0.15) is 39.2 Å². The van der Waals surface area contributed by atoms with Crippen molar-refractivity contribution in [3.8, 4) is 11.5 Å². The lowest BCUT2D eigenvalue weighted by molar-refractivity contribution is -0.132. The molecule has 1 unspecified atom stereocenters. The molecule has 1 saturated heterocycles. The van der Waals surface area contributed by atoms with Crippen LogP contribution in [0.2, 0.25) is 0 Å². The molecule has 0 saturated carbocycles. The summed E-state index contributed by atoms with van der Waals surface area (Å²) in [6.45, 7) is 6.61. The smallest absolute Gasteiger partial charge is 0.410 e. The molecule has 27 heavy (non-hydrogen) atoms. The minimum absolute atomic E-state index is 0.0545. The number of rotatable bonds is 4. The van der Waals surface area contributed by atoms with E-state index in [9.17, 15) is 14.7 Å². The summed E-state index contributed by atoms with van der Waals surface area (Å²) in [4.78, 5) is 28.4. The standard InChI is InChI=1S/C20H30N2O5/c1-20(2,3)27-19(25)21(4)15-7-6-10-22(13-15)18(24)12-14-11-16(23)8-9-17(14)26-5/h8-9,11,15,23H,6-7,10,12-13H2,1-5H3. The number of aromatic hydroxyl groups is 1. The fourth-order valence-corrected chi connectivity index (χ4v) is 3.16. The second-order valence-corrected chi connectivity index (χ2v) is 7.90. The van der Waals surface area contributed by atoms with E-state index in [2.05, 4.69) is 0 Å². The maximum Gasteiger partial charge on any atom is 0.410 e. The van der Waals surface area contributed by atoms with Crippen molar-refractivity contribution in [1.82, 2.24) is 9.80 Å². The molecule has 1 aromatic rings. The Balaban J connectivity index is 2.02. The van der Waals surface area contributed by atoms with Crippen molar-refractivity contribution in [1.29, 1.82) is 0 Å². The quantitative estimate of drug-likeness (QED) is 0.872. The summed E-state index contributed by atoms with van der Waals surface area (Å²) in [5.74, 6) is 0.613. The minimum Gasteiger partial charge on any atom is -0.508 e. The van der Waals surface area contributed by atoms with Gasteiger partial charge in [-0.05, 0) is 51.8 Å². The van der Waals surface area contributed by atoms with Gasteiger partial charge in [-0.1, -0.05) is 0 Å². The SMILES string of the molecule is COc1ccc(O)cc1CC(=O)N1CCCC(N(C)C(=O)OC(C)(C)C)C1. The van der Waals surface area contributed by atoms with Gasteiger partial charge in [-0.2, -0.15) is 0 Å². The van der Waals surface area contributed by atoms with Gasteiger partial charge >= 0.3 is 6.09 Å². The first-order valence-electron chi connectivity index (χ1n) is 9.20. The van der Waals surface area contributed by atoms with E-state index in [-0.39, 0.29) is 30.2 Å². The van der Waals surface area contributed by atoms with Crippen molar-refractivity contribution < 1.29 is 24.2 Å². The number of carbonyl (C=O) groups is 2. The third-order valence-corrected chi connectivity index (χ3v) is 4.58. The van der Waals surface area contributed by atoms with E-state index in [1.807, 2.05) is 20.8 Å². The third-order valence-electron chi connectivity index (χ3n) is 4.58. The molecule has 2 amide bonds. The highest BCUT2D eigenvalue weighted by Crippen LogP contribution is 2.25. The van der Waals surface area contributed by atoms with Gasteiger partial charge in [0.15, 0.2) is 0 Å². The molecule has 1 aromatic carbocycles. The first-order chi connectivity index (χ1) is 12.6. The predicted molar refractivity (Wildman–Crippen MR) is 102 cm³/mol. The molecule has 0 spiro atoms. The van der Waals surface area contributed by atoms with E-state index in [1.165, 1.54) is 13.2 Å². The molecule has 7 nitrogen and oxygen atoms in total. The Kier molecular flexibility index (Phi) is 6.57. The van der Waals surface area contributed by atoms with Crippen molar-refractivity contribution in [3.05, 3.63) is 23.8 Å². The first kappa shape index (κ1) is 20.9. The van der Waals surface area contributed by atoms with Crippen LogP contribution in [0, 0.1) is 0 Å². The number of phenols is 1. The molecule has 0 radical (unpaired) electrons. The number of hydrogen-bond donors (Lipinski definition) is 1. The molecule has 1 N–H and O–H groups in total. The summed E-state index contributed by atoms with van der Waals surface area (Å²) in [6, 6.07) is 4.64. The van der Waals surface area contributed by atoms with Gasteiger partial charge in [-0.15, -0.1) is 0 Å². The van der Waals surface area contributed by atoms with Crippen LogP contribution in [0.25, 0.3) is 0 Å². The van der Waals surface area contributed by atoms with E-state index in [0.717, 1.165) is 12.8 Å². The Hall–Kier alpha value is -2.44. The Morgan fingerprint density at radius 3 is 2.67 bits per heavy atom. The average molecular weight is 378 g/mol. The largest absolute Gasteiger partial charge is 0.508 e. The van der Waals surface area contributed by atoms with Crippen LogP contribution in [-0.2, 0) is 16.0 Å². The van der Waals surface area contributed by atoms with Gasteiger partial charge in [-0.3, -0.25) is 4.79 Å². The number of methoxy groups -OCH3 is 1. The van der Waals surface area contributed by atoms with Crippen LogP contribution < -0.4 is 4.74 Å². The summed E-state index contributed by atoms with van der Waals surface area (Å²) in [7, 11) is 3.25. The summed E-state index contributed by atoms with van der Waals surface area (Å²) in [6.07, 6.45) is 1.41. The molecule has 0 aliphatic carbocycles. The van der Waals surface area contributed by atoms with Gasteiger partial charge in [0.1, 0.15) is 17.1 Å². The lowest BCUT2D eigenvalue weighted by Gasteiger charge is -2.38. The number of piperidine rings is 1. The van der Waals surface area contributed by atoms with Crippen molar-refractivity contribution >= 4 is 12.0 Å². The van der Waals surface area contributed by atoms with Crippen LogP contribution in [-0.4, -0.2) is 65.8 Å². The molecule has 0 bridgehead atoms. The number of carbonyl (C=O) groups excluding carboxylic acids is 2. The molecule has 150 valence electrons. The second kappa shape index (κ2) is 8.50. The minimum atomic E-state index is -0.554. The van der Waals surface area contributed by atoms with Gasteiger partial charge in [0.05, 0.1) is 19.6 Å². The maximum atomic E-state index is 12.8. The number of likely N-dealkylation sites (N-methyl/N-ethyl adjacent to an activating group) is 1. The number of likely N-dealkylation sites (tertiary alicyclic amines) is 1. The van der Waals surface area contributed by atoms with E-state index in [4.69, 9.17) is 9.47 Å². The van der Waals surface area contributed by atoms with E-state index < -0.39 is 5.60 Å². The Bertz CT molecular complexity index is 683. The fourth-order valence-electron chi connectivity index (χ4n) is 3.16. The van der Waals surface area contributed by atoms with Gasteiger partial charge in [0.25, 0.3) is 0 Å². The Morgan fingerprint density at radius 2 is 2.04 bits per heavy atom. The fraction of sp³-hybridized carbons (Fsp3) is 0.600. The Labute approximate surface area is 160 Å². The lowest BCUT2D eigenvalue weighted by atomic mass is 10.0. The van der Waals surface area contributed by atoms with Crippen LogP contribution >= 0.6 is 0 Å². The molecule has 1 atom stereocenters. The van der Waals surface area contributed by atoms with Crippen LogP contribution in [0.3, 0.4) is 0 Å². The maximum absolute atomic E-state index is 12.8. The van der Waals surface area contributed by atoms with Crippen LogP contribution in [0.15, 0.2) is 18.2 Å². The van der Waals surface area contributed by atoms with Gasteiger partial charge in [0, 0.05) is 25.7 Å². The van der Waals surface area contributed by atoms with Crippen molar-refractivity contribution in [2.75, 3.05) is 27.2 Å². The predicted octanol–water partition coefficient (Wildman–Crippen LogP) is 2.80. The van der Waals surface area contributed by atoms with E-state index >= 15 is 0 Å². The molecular weight excluding hydrogens is 348 g/mol. The van der Waals surface area contributed by atoms with Gasteiger partial charge < -0.3 is 24.4 Å². The number of nitrogens with zero attached hydrogens (tertiary/aromatic N) is 2. The number of ether oxygens (including phenoxy) is 2. The molecule has 1 fully saturated rings. The molecule has 1 aliphatic rings. The molecular formula is C20H30N2O5. The second-order valence-electron chi connectivity index (χ2n) is 7.90. The van der Waals surface area contributed by atoms with Gasteiger partial charge in [0.2, 0.25) is 5.91 Å². The van der Waals surface area contributed by atoms with Crippen LogP contribution in [0.4, 0.5) is 4.79 Å².